The fraction of sp³-hybridized carbons (Fsp3) is 0.160. The summed E-state index contributed by atoms with van der Waals surface area (Å²) in [7, 11) is 1.63. The van der Waals surface area contributed by atoms with Crippen LogP contribution in [0.2, 0.25) is 5.02 Å². The van der Waals surface area contributed by atoms with Crippen LogP contribution in [-0.2, 0) is 13.5 Å². The van der Waals surface area contributed by atoms with E-state index in [2.05, 4.69) is 10.3 Å². The third-order valence-electron chi connectivity index (χ3n) is 5.32. The molecular formula is C25H23ClFN5O. The summed E-state index contributed by atoms with van der Waals surface area (Å²) in [5.41, 5.74) is 9.10. The molecule has 4 aromatic rings. The zero-order chi connectivity index (χ0) is 23.4. The second-order valence-electron chi connectivity index (χ2n) is 7.72. The van der Waals surface area contributed by atoms with Crippen molar-refractivity contribution in [2.24, 2.45) is 12.8 Å². The normalized spacial score (nSPS) is 11.9. The molecule has 0 unspecified atom stereocenters. The van der Waals surface area contributed by atoms with Crippen molar-refractivity contribution in [3.8, 4) is 22.4 Å². The van der Waals surface area contributed by atoms with E-state index in [1.54, 1.807) is 31.6 Å². The van der Waals surface area contributed by atoms with Gasteiger partial charge in [0.05, 0.1) is 16.3 Å². The van der Waals surface area contributed by atoms with Gasteiger partial charge in [-0.15, -0.1) is 0 Å². The van der Waals surface area contributed by atoms with Crippen LogP contribution in [0.1, 0.15) is 5.56 Å². The number of aromatic nitrogens is 3. The molecule has 2 heterocycles. The van der Waals surface area contributed by atoms with Gasteiger partial charge in [-0.3, -0.25) is 14.3 Å². The van der Waals surface area contributed by atoms with Crippen LogP contribution in [0.3, 0.4) is 0 Å². The SMILES string of the molecule is Cn1c(NC[C@H](N)Cc2ccccc2)nc(-c2ccncc2)c(-c2ccc(F)c(Cl)c2)c1=O. The number of nitrogens with one attached hydrogen (secondary N) is 1. The van der Waals surface area contributed by atoms with Gasteiger partial charge < -0.3 is 11.1 Å². The number of pyridine rings is 1. The molecule has 168 valence electrons. The summed E-state index contributed by atoms with van der Waals surface area (Å²) in [5, 5.41) is 3.14. The van der Waals surface area contributed by atoms with Crippen LogP contribution in [0.25, 0.3) is 22.4 Å². The number of halogens is 2. The zero-order valence-electron chi connectivity index (χ0n) is 18.0. The molecule has 3 N–H and O–H groups in total. The third-order valence-corrected chi connectivity index (χ3v) is 5.61. The first-order chi connectivity index (χ1) is 15.9. The highest BCUT2D eigenvalue weighted by molar-refractivity contribution is 6.31. The first kappa shape index (κ1) is 22.6. The van der Waals surface area contributed by atoms with E-state index < -0.39 is 5.82 Å². The van der Waals surface area contributed by atoms with Crippen LogP contribution in [-0.4, -0.2) is 27.1 Å². The quantitative estimate of drug-likeness (QED) is 0.427. The topological polar surface area (TPSA) is 85.8 Å². The Morgan fingerprint density at radius 2 is 1.82 bits per heavy atom. The van der Waals surface area contributed by atoms with Gasteiger partial charge in [-0.25, -0.2) is 9.37 Å². The Morgan fingerprint density at radius 1 is 1.09 bits per heavy atom. The number of hydrogen-bond acceptors (Lipinski definition) is 5. The molecule has 33 heavy (non-hydrogen) atoms. The fourth-order valence-corrected chi connectivity index (χ4v) is 3.78. The van der Waals surface area contributed by atoms with Gasteiger partial charge in [0.2, 0.25) is 5.95 Å². The minimum absolute atomic E-state index is 0.0654. The highest BCUT2D eigenvalue weighted by atomic mass is 35.5. The van der Waals surface area contributed by atoms with Gasteiger partial charge in [-0.2, -0.15) is 0 Å². The lowest BCUT2D eigenvalue weighted by atomic mass is 10.0. The highest BCUT2D eigenvalue weighted by Gasteiger charge is 2.19. The van der Waals surface area contributed by atoms with Gasteiger partial charge in [0, 0.05) is 37.6 Å². The van der Waals surface area contributed by atoms with Gasteiger partial charge in [0.25, 0.3) is 5.56 Å². The van der Waals surface area contributed by atoms with Crippen LogP contribution in [0, 0.1) is 5.82 Å². The first-order valence-corrected chi connectivity index (χ1v) is 10.8. The summed E-state index contributed by atoms with van der Waals surface area (Å²) in [5.74, 6) is -0.173. The van der Waals surface area contributed by atoms with Crippen LogP contribution < -0.4 is 16.6 Å². The maximum Gasteiger partial charge on any atom is 0.263 e. The number of hydrogen-bond donors (Lipinski definition) is 2. The molecule has 0 saturated heterocycles. The minimum atomic E-state index is -0.554. The molecule has 8 heteroatoms. The summed E-state index contributed by atoms with van der Waals surface area (Å²) in [4.78, 5) is 22.2. The lowest BCUT2D eigenvalue weighted by molar-refractivity contribution is 0.628. The second-order valence-corrected chi connectivity index (χ2v) is 8.13. The van der Waals surface area contributed by atoms with Crippen molar-refractivity contribution < 1.29 is 4.39 Å². The molecule has 0 radical (unpaired) electrons. The predicted octanol–water partition coefficient (Wildman–Crippen LogP) is 4.28. The van der Waals surface area contributed by atoms with Gasteiger partial charge in [-0.1, -0.05) is 48.0 Å². The number of nitrogens with two attached hydrogens (primary N) is 1. The fourth-order valence-electron chi connectivity index (χ4n) is 3.60. The molecule has 0 aliphatic carbocycles. The average Bonchev–Trinajstić information content (AvgIpc) is 2.83. The second kappa shape index (κ2) is 9.94. The van der Waals surface area contributed by atoms with Crippen LogP contribution in [0.4, 0.5) is 10.3 Å². The summed E-state index contributed by atoms with van der Waals surface area (Å²) in [6, 6.07) is 17.5. The molecule has 0 amide bonds. The summed E-state index contributed by atoms with van der Waals surface area (Å²) < 4.78 is 15.2. The lowest BCUT2D eigenvalue weighted by Crippen LogP contribution is -2.34. The Labute approximate surface area is 195 Å². The van der Waals surface area contributed by atoms with Gasteiger partial charge in [0.15, 0.2) is 0 Å². The molecule has 2 aromatic heterocycles. The van der Waals surface area contributed by atoms with Gasteiger partial charge in [-0.05, 0) is 41.8 Å². The van der Waals surface area contributed by atoms with Gasteiger partial charge >= 0.3 is 0 Å². The predicted molar refractivity (Wildman–Crippen MR) is 130 cm³/mol. The minimum Gasteiger partial charge on any atom is -0.354 e. The Kier molecular flexibility index (Phi) is 6.82. The third kappa shape index (κ3) is 5.10. The Bertz CT molecular complexity index is 1310. The van der Waals surface area contributed by atoms with E-state index >= 15 is 0 Å². The van der Waals surface area contributed by atoms with Crippen molar-refractivity contribution >= 4 is 17.5 Å². The Morgan fingerprint density at radius 3 is 2.52 bits per heavy atom. The van der Waals surface area contributed by atoms with Crippen molar-refractivity contribution in [2.45, 2.75) is 12.5 Å². The van der Waals surface area contributed by atoms with E-state index in [1.807, 2.05) is 30.3 Å². The molecular weight excluding hydrogens is 441 g/mol. The standard InChI is InChI=1S/C25H23ClFN5O/c1-32-24(33)22(18-7-8-21(27)20(26)14-18)23(17-9-11-29-12-10-17)31-25(32)30-15-19(28)13-16-5-3-2-4-6-16/h2-12,14,19H,13,15,28H2,1H3,(H,30,31)/t19-/m1/s1. The molecule has 0 aliphatic rings. The molecule has 4 rings (SSSR count). The maximum atomic E-state index is 13.8. The summed E-state index contributed by atoms with van der Waals surface area (Å²) in [6.45, 7) is 0.423. The molecule has 0 saturated carbocycles. The van der Waals surface area contributed by atoms with Crippen molar-refractivity contribution in [1.82, 2.24) is 14.5 Å². The van der Waals surface area contributed by atoms with E-state index in [9.17, 15) is 9.18 Å². The molecule has 0 aliphatic heterocycles. The highest BCUT2D eigenvalue weighted by Crippen LogP contribution is 2.30. The van der Waals surface area contributed by atoms with Crippen LogP contribution >= 0.6 is 11.6 Å². The number of benzene rings is 2. The van der Waals surface area contributed by atoms with E-state index in [-0.39, 0.29) is 16.6 Å². The largest absolute Gasteiger partial charge is 0.354 e. The summed E-state index contributed by atoms with van der Waals surface area (Å²) in [6.07, 6.45) is 3.93. The van der Waals surface area contributed by atoms with Crippen molar-refractivity contribution in [2.75, 3.05) is 11.9 Å². The molecule has 0 bridgehead atoms. The smallest absolute Gasteiger partial charge is 0.263 e. The first-order valence-electron chi connectivity index (χ1n) is 10.4. The summed E-state index contributed by atoms with van der Waals surface area (Å²) >= 11 is 6.00. The van der Waals surface area contributed by atoms with Crippen molar-refractivity contribution in [3.63, 3.8) is 0 Å². The van der Waals surface area contributed by atoms with E-state index in [0.29, 0.717) is 41.3 Å². The Balaban J connectivity index is 1.71. The number of anilines is 1. The van der Waals surface area contributed by atoms with E-state index in [4.69, 9.17) is 22.3 Å². The van der Waals surface area contributed by atoms with Gasteiger partial charge in [0.1, 0.15) is 5.82 Å². The molecule has 0 fully saturated rings. The van der Waals surface area contributed by atoms with Crippen molar-refractivity contribution in [1.29, 1.82) is 0 Å². The number of rotatable bonds is 7. The Hall–Kier alpha value is -3.55. The van der Waals surface area contributed by atoms with E-state index in [0.717, 1.165) is 5.56 Å². The molecule has 6 nitrogen and oxygen atoms in total. The molecule has 2 aromatic carbocycles. The van der Waals surface area contributed by atoms with Crippen molar-refractivity contribution in [3.05, 3.63) is 99.8 Å². The molecule has 0 spiro atoms. The lowest BCUT2D eigenvalue weighted by Gasteiger charge is -2.18. The van der Waals surface area contributed by atoms with E-state index in [1.165, 1.54) is 22.8 Å². The monoisotopic (exact) mass is 463 g/mol. The number of nitrogens with zero attached hydrogens (tertiary/aromatic N) is 3. The van der Waals surface area contributed by atoms with Crippen LogP contribution in [0.15, 0.2) is 77.9 Å². The van der Waals surface area contributed by atoms with Crippen LogP contribution in [0.5, 0.6) is 0 Å². The average molecular weight is 464 g/mol. The molecule has 1 atom stereocenters. The zero-order valence-corrected chi connectivity index (χ0v) is 18.8. The maximum absolute atomic E-state index is 13.8.